The lowest BCUT2D eigenvalue weighted by Gasteiger charge is -2.26. The Morgan fingerprint density at radius 3 is 2.21 bits per heavy atom. The Morgan fingerprint density at radius 2 is 1.74 bits per heavy atom. The summed E-state index contributed by atoms with van der Waals surface area (Å²) in [5, 5.41) is 10.6. The number of hydrogen-bond acceptors (Lipinski definition) is 2. The standard InChI is InChI=1S/C16H26ClNO/c1-6-16(4,5)13-9-12(11-18(7-2)8-3)15(19)14(17)10-13/h9-10,19H,6-8,11H2,1-5H3. The van der Waals surface area contributed by atoms with Crippen LogP contribution in [-0.4, -0.2) is 23.1 Å². The highest BCUT2D eigenvalue weighted by Gasteiger charge is 2.21. The SMILES string of the molecule is CCN(CC)Cc1cc(C(C)(C)CC)cc(Cl)c1O. The van der Waals surface area contributed by atoms with Crippen LogP contribution < -0.4 is 0 Å². The molecule has 0 bridgehead atoms. The van der Waals surface area contributed by atoms with E-state index in [9.17, 15) is 5.11 Å². The average Bonchev–Trinajstić information content (AvgIpc) is 2.40. The first-order valence-corrected chi connectivity index (χ1v) is 7.47. The zero-order valence-electron chi connectivity index (χ0n) is 12.8. The second-order valence-electron chi connectivity index (χ2n) is 5.66. The van der Waals surface area contributed by atoms with E-state index in [-0.39, 0.29) is 11.2 Å². The van der Waals surface area contributed by atoms with Gasteiger partial charge in [-0.3, -0.25) is 4.90 Å². The van der Waals surface area contributed by atoms with Crippen molar-refractivity contribution in [3.63, 3.8) is 0 Å². The van der Waals surface area contributed by atoms with Crippen molar-refractivity contribution in [1.29, 1.82) is 0 Å². The molecule has 0 atom stereocenters. The molecular formula is C16H26ClNO. The molecule has 0 amide bonds. The predicted octanol–water partition coefficient (Wildman–Crippen LogP) is 4.58. The van der Waals surface area contributed by atoms with Gasteiger partial charge in [0.1, 0.15) is 5.75 Å². The number of aromatic hydroxyl groups is 1. The number of phenols is 1. The summed E-state index contributed by atoms with van der Waals surface area (Å²) in [7, 11) is 0. The zero-order valence-corrected chi connectivity index (χ0v) is 13.5. The number of rotatable bonds is 6. The summed E-state index contributed by atoms with van der Waals surface area (Å²) in [5.74, 6) is 0.226. The van der Waals surface area contributed by atoms with Gasteiger partial charge < -0.3 is 5.11 Å². The number of hydrogen-bond donors (Lipinski definition) is 1. The summed E-state index contributed by atoms with van der Waals surface area (Å²) in [5.41, 5.74) is 2.20. The van der Waals surface area contributed by atoms with Crippen LogP contribution in [-0.2, 0) is 12.0 Å². The molecule has 19 heavy (non-hydrogen) atoms. The van der Waals surface area contributed by atoms with Crippen molar-refractivity contribution in [2.75, 3.05) is 13.1 Å². The van der Waals surface area contributed by atoms with Crippen molar-refractivity contribution in [2.45, 2.75) is 53.0 Å². The maximum atomic E-state index is 10.1. The molecule has 1 rings (SSSR count). The third kappa shape index (κ3) is 3.87. The summed E-state index contributed by atoms with van der Waals surface area (Å²) >= 11 is 6.18. The lowest BCUT2D eigenvalue weighted by molar-refractivity contribution is 0.290. The Morgan fingerprint density at radius 1 is 1.16 bits per heavy atom. The van der Waals surface area contributed by atoms with E-state index in [0.29, 0.717) is 5.02 Å². The number of nitrogens with zero attached hydrogens (tertiary/aromatic N) is 1. The van der Waals surface area contributed by atoms with Crippen molar-refractivity contribution in [1.82, 2.24) is 4.90 Å². The van der Waals surface area contributed by atoms with Gasteiger partial charge in [0, 0.05) is 12.1 Å². The van der Waals surface area contributed by atoms with Gasteiger partial charge in [0.05, 0.1) is 5.02 Å². The summed E-state index contributed by atoms with van der Waals surface area (Å²) in [4.78, 5) is 2.27. The monoisotopic (exact) mass is 283 g/mol. The molecule has 1 N–H and O–H groups in total. The highest BCUT2D eigenvalue weighted by Crippen LogP contribution is 2.36. The van der Waals surface area contributed by atoms with E-state index >= 15 is 0 Å². The molecule has 0 fully saturated rings. The first-order chi connectivity index (χ1) is 8.85. The minimum atomic E-state index is 0.0787. The molecule has 0 radical (unpaired) electrons. The number of halogens is 1. The van der Waals surface area contributed by atoms with Gasteiger partial charge in [-0.25, -0.2) is 0 Å². The van der Waals surface area contributed by atoms with Crippen LogP contribution in [0.15, 0.2) is 12.1 Å². The number of phenolic OH excluding ortho intramolecular Hbond substituents is 1. The van der Waals surface area contributed by atoms with Crippen LogP contribution in [0.1, 0.15) is 52.2 Å². The van der Waals surface area contributed by atoms with Gasteiger partial charge in [-0.15, -0.1) is 0 Å². The minimum Gasteiger partial charge on any atom is -0.506 e. The van der Waals surface area contributed by atoms with Gasteiger partial charge in [-0.1, -0.05) is 52.3 Å². The zero-order chi connectivity index (χ0) is 14.6. The molecule has 0 heterocycles. The molecule has 0 spiro atoms. The third-order valence-corrected chi connectivity index (χ3v) is 4.38. The largest absolute Gasteiger partial charge is 0.506 e. The van der Waals surface area contributed by atoms with Gasteiger partial charge in [0.25, 0.3) is 0 Å². The van der Waals surface area contributed by atoms with Crippen LogP contribution in [0.2, 0.25) is 5.02 Å². The van der Waals surface area contributed by atoms with Gasteiger partial charge in [0.2, 0.25) is 0 Å². The van der Waals surface area contributed by atoms with Crippen molar-refractivity contribution in [2.24, 2.45) is 0 Å². The first-order valence-electron chi connectivity index (χ1n) is 7.09. The predicted molar refractivity (Wildman–Crippen MR) is 83.1 cm³/mol. The van der Waals surface area contributed by atoms with Crippen molar-refractivity contribution < 1.29 is 5.11 Å². The normalized spacial score (nSPS) is 12.2. The third-order valence-electron chi connectivity index (χ3n) is 4.10. The van der Waals surface area contributed by atoms with Gasteiger partial charge in [0.15, 0.2) is 0 Å². The fourth-order valence-electron chi connectivity index (χ4n) is 2.06. The minimum absolute atomic E-state index is 0.0787. The number of benzene rings is 1. The molecule has 108 valence electrons. The van der Waals surface area contributed by atoms with E-state index in [2.05, 4.69) is 45.6 Å². The van der Waals surface area contributed by atoms with Crippen LogP contribution in [0.4, 0.5) is 0 Å². The van der Waals surface area contributed by atoms with Crippen LogP contribution in [0, 0.1) is 0 Å². The van der Waals surface area contributed by atoms with E-state index < -0.39 is 0 Å². The lowest BCUT2D eigenvalue weighted by atomic mass is 9.81. The van der Waals surface area contributed by atoms with E-state index in [1.54, 1.807) is 0 Å². The van der Waals surface area contributed by atoms with Crippen LogP contribution >= 0.6 is 11.6 Å². The molecule has 3 heteroatoms. The fourth-order valence-corrected chi connectivity index (χ4v) is 2.30. The van der Waals surface area contributed by atoms with Gasteiger partial charge >= 0.3 is 0 Å². The van der Waals surface area contributed by atoms with Gasteiger partial charge in [-0.05, 0) is 36.6 Å². The second kappa shape index (κ2) is 6.62. The van der Waals surface area contributed by atoms with E-state index in [1.165, 1.54) is 5.56 Å². The molecule has 1 aromatic carbocycles. The van der Waals surface area contributed by atoms with Crippen LogP contribution in [0.25, 0.3) is 0 Å². The maximum absolute atomic E-state index is 10.1. The Hall–Kier alpha value is -0.730. The summed E-state index contributed by atoms with van der Waals surface area (Å²) in [6, 6.07) is 4.00. The second-order valence-corrected chi connectivity index (χ2v) is 6.07. The molecule has 0 aliphatic rings. The van der Waals surface area contributed by atoms with E-state index in [0.717, 1.165) is 31.6 Å². The highest BCUT2D eigenvalue weighted by molar-refractivity contribution is 6.32. The Labute approximate surface area is 122 Å². The summed E-state index contributed by atoms with van der Waals surface area (Å²) in [6.45, 7) is 13.5. The van der Waals surface area contributed by atoms with Gasteiger partial charge in [-0.2, -0.15) is 0 Å². The fraction of sp³-hybridized carbons (Fsp3) is 0.625. The molecule has 0 aromatic heterocycles. The topological polar surface area (TPSA) is 23.5 Å². The quantitative estimate of drug-likeness (QED) is 0.826. The lowest BCUT2D eigenvalue weighted by Crippen LogP contribution is -2.23. The Balaban J connectivity index is 3.17. The summed E-state index contributed by atoms with van der Waals surface area (Å²) < 4.78 is 0. The molecule has 2 nitrogen and oxygen atoms in total. The maximum Gasteiger partial charge on any atom is 0.138 e. The highest BCUT2D eigenvalue weighted by atomic mass is 35.5. The van der Waals surface area contributed by atoms with Crippen LogP contribution in [0.5, 0.6) is 5.75 Å². The summed E-state index contributed by atoms with van der Waals surface area (Å²) in [6.07, 6.45) is 1.04. The smallest absolute Gasteiger partial charge is 0.138 e. The van der Waals surface area contributed by atoms with E-state index in [1.807, 2.05) is 6.07 Å². The molecule has 0 unspecified atom stereocenters. The van der Waals surface area contributed by atoms with Crippen molar-refractivity contribution in [3.8, 4) is 5.75 Å². The first kappa shape index (κ1) is 16.3. The average molecular weight is 284 g/mol. The van der Waals surface area contributed by atoms with Crippen LogP contribution in [0.3, 0.4) is 0 Å². The molecule has 0 saturated heterocycles. The van der Waals surface area contributed by atoms with Crippen molar-refractivity contribution >= 4 is 11.6 Å². The Kier molecular flexibility index (Phi) is 5.69. The molecule has 0 aliphatic carbocycles. The van der Waals surface area contributed by atoms with Crippen molar-refractivity contribution in [3.05, 3.63) is 28.3 Å². The molecule has 1 aromatic rings. The Bertz CT molecular complexity index is 425. The van der Waals surface area contributed by atoms with E-state index in [4.69, 9.17) is 11.6 Å². The molecular weight excluding hydrogens is 258 g/mol. The molecule has 0 saturated carbocycles. The molecule has 0 aliphatic heterocycles.